The number of aromatic nitrogens is 2. The van der Waals surface area contributed by atoms with Gasteiger partial charge in [0, 0.05) is 13.5 Å². The molecule has 1 fully saturated rings. The van der Waals surface area contributed by atoms with Crippen molar-refractivity contribution in [2.24, 2.45) is 5.92 Å². The van der Waals surface area contributed by atoms with E-state index in [1.54, 1.807) is 6.92 Å². The van der Waals surface area contributed by atoms with Gasteiger partial charge in [-0.15, -0.1) is 10.2 Å². The van der Waals surface area contributed by atoms with Crippen LogP contribution in [0.1, 0.15) is 24.6 Å². The number of aryl methyl sites for hydroxylation is 1. The summed E-state index contributed by atoms with van der Waals surface area (Å²) in [6.45, 7) is 2.90. The first-order valence-electron chi connectivity index (χ1n) is 4.93. The molecule has 1 atom stereocenters. The summed E-state index contributed by atoms with van der Waals surface area (Å²) in [5.41, 5.74) is 0. The highest BCUT2D eigenvalue weighted by Gasteiger charge is 2.29. The van der Waals surface area contributed by atoms with E-state index < -0.39 is 0 Å². The molecule has 0 aliphatic heterocycles. The van der Waals surface area contributed by atoms with Gasteiger partial charge in [-0.05, 0) is 18.8 Å². The third-order valence-electron chi connectivity index (χ3n) is 2.36. The largest absolute Gasteiger partial charge is 0.424 e. The third kappa shape index (κ3) is 2.52. The highest BCUT2D eigenvalue weighted by molar-refractivity contribution is 4.83. The summed E-state index contributed by atoms with van der Waals surface area (Å²) in [5, 5.41) is 20.2. The number of nitrogens with zero attached hydrogens (tertiary/aromatic N) is 2. The van der Waals surface area contributed by atoms with Gasteiger partial charge in [-0.25, -0.2) is 0 Å². The molecule has 1 saturated carbocycles. The number of hydrogen-bond donors (Lipinski definition) is 2. The van der Waals surface area contributed by atoms with E-state index in [4.69, 9.17) is 4.42 Å². The van der Waals surface area contributed by atoms with Crippen LogP contribution in [0.15, 0.2) is 4.42 Å². The Bertz CT molecular complexity index is 296. The standard InChI is InChI=1S/C9H15N3O2/c1-6-11-12-9(14-6)5-10-4-8(13)7-2-3-7/h7-8,10,13H,2-5H2,1H3. The van der Waals surface area contributed by atoms with Gasteiger partial charge in [-0.3, -0.25) is 0 Å². The number of hydrogen-bond acceptors (Lipinski definition) is 5. The SMILES string of the molecule is Cc1nnc(CNCC(O)C2CC2)o1. The fraction of sp³-hybridized carbons (Fsp3) is 0.778. The molecule has 1 aromatic heterocycles. The Morgan fingerprint density at radius 2 is 2.36 bits per heavy atom. The van der Waals surface area contributed by atoms with Crippen molar-refractivity contribution >= 4 is 0 Å². The smallest absolute Gasteiger partial charge is 0.230 e. The Kier molecular flexibility index (Phi) is 2.79. The van der Waals surface area contributed by atoms with Crippen molar-refractivity contribution in [2.75, 3.05) is 6.54 Å². The van der Waals surface area contributed by atoms with Crippen molar-refractivity contribution in [2.45, 2.75) is 32.4 Å². The molecule has 1 heterocycles. The molecule has 78 valence electrons. The van der Waals surface area contributed by atoms with Crippen LogP contribution in [-0.2, 0) is 6.54 Å². The molecule has 1 unspecified atom stereocenters. The lowest BCUT2D eigenvalue weighted by atomic mass is 10.2. The van der Waals surface area contributed by atoms with E-state index in [1.165, 1.54) is 0 Å². The van der Waals surface area contributed by atoms with E-state index in [-0.39, 0.29) is 6.10 Å². The zero-order chi connectivity index (χ0) is 9.97. The molecule has 0 amide bonds. The molecule has 14 heavy (non-hydrogen) atoms. The van der Waals surface area contributed by atoms with Gasteiger partial charge in [0.15, 0.2) is 0 Å². The van der Waals surface area contributed by atoms with Crippen LogP contribution in [0.25, 0.3) is 0 Å². The molecular weight excluding hydrogens is 182 g/mol. The predicted molar refractivity (Wildman–Crippen MR) is 49.5 cm³/mol. The first kappa shape index (κ1) is 9.61. The summed E-state index contributed by atoms with van der Waals surface area (Å²) in [7, 11) is 0. The Morgan fingerprint density at radius 1 is 1.57 bits per heavy atom. The lowest BCUT2D eigenvalue weighted by molar-refractivity contribution is 0.147. The zero-order valence-electron chi connectivity index (χ0n) is 8.23. The van der Waals surface area contributed by atoms with Crippen molar-refractivity contribution in [3.05, 3.63) is 11.8 Å². The summed E-state index contributed by atoms with van der Waals surface area (Å²) in [6, 6.07) is 0. The average molecular weight is 197 g/mol. The summed E-state index contributed by atoms with van der Waals surface area (Å²) in [4.78, 5) is 0. The molecule has 2 N–H and O–H groups in total. The summed E-state index contributed by atoms with van der Waals surface area (Å²) in [5.74, 6) is 1.65. The van der Waals surface area contributed by atoms with Crippen LogP contribution in [0.2, 0.25) is 0 Å². The highest BCUT2D eigenvalue weighted by Crippen LogP contribution is 2.32. The second-order valence-corrected chi connectivity index (χ2v) is 3.75. The maximum absolute atomic E-state index is 9.54. The Hall–Kier alpha value is -0.940. The first-order chi connectivity index (χ1) is 6.75. The lowest BCUT2D eigenvalue weighted by Gasteiger charge is -2.08. The van der Waals surface area contributed by atoms with Crippen molar-refractivity contribution < 1.29 is 9.52 Å². The van der Waals surface area contributed by atoms with Crippen LogP contribution in [0.4, 0.5) is 0 Å². The van der Waals surface area contributed by atoms with Crippen molar-refractivity contribution in [3.8, 4) is 0 Å². The predicted octanol–water partition coefficient (Wildman–Crippen LogP) is 0.239. The van der Waals surface area contributed by atoms with Gasteiger partial charge in [-0.1, -0.05) is 0 Å². The van der Waals surface area contributed by atoms with Gasteiger partial charge in [0.2, 0.25) is 11.8 Å². The minimum absolute atomic E-state index is 0.223. The van der Waals surface area contributed by atoms with Crippen molar-refractivity contribution in [1.29, 1.82) is 0 Å². The molecule has 0 saturated heterocycles. The van der Waals surface area contributed by atoms with Crippen LogP contribution in [-0.4, -0.2) is 28.0 Å². The fourth-order valence-electron chi connectivity index (χ4n) is 1.38. The van der Waals surface area contributed by atoms with Gasteiger partial charge in [-0.2, -0.15) is 0 Å². The molecule has 5 nitrogen and oxygen atoms in total. The van der Waals surface area contributed by atoms with E-state index in [0.717, 1.165) is 12.8 Å². The van der Waals surface area contributed by atoms with E-state index in [1.807, 2.05) is 0 Å². The topological polar surface area (TPSA) is 71.2 Å². The molecular formula is C9H15N3O2. The fourth-order valence-corrected chi connectivity index (χ4v) is 1.38. The Balaban J connectivity index is 1.67. The molecule has 2 rings (SSSR count). The number of aliphatic hydroxyl groups is 1. The number of aliphatic hydroxyl groups excluding tert-OH is 1. The van der Waals surface area contributed by atoms with Crippen LogP contribution < -0.4 is 5.32 Å². The molecule has 1 aromatic rings. The molecule has 0 bridgehead atoms. The van der Waals surface area contributed by atoms with E-state index in [2.05, 4.69) is 15.5 Å². The second kappa shape index (κ2) is 4.06. The lowest BCUT2D eigenvalue weighted by Crippen LogP contribution is -2.27. The van der Waals surface area contributed by atoms with E-state index in [9.17, 15) is 5.11 Å². The third-order valence-corrected chi connectivity index (χ3v) is 2.36. The maximum atomic E-state index is 9.54. The summed E-state index contributed by atoms with van der Waals surface area (Å²) >= 11 is 0. The van der Waals surface area contributed by atoms with Gasteiger partial charge >= 0.3 is 0 Å². The van der Waals surface area contributed by atoms with Crippen molar-refractivity contribution in [1.82, 2.24) is 15.5 Å². The minimum Gasteiger partial charge on any atom is -0.424 e. The first-order valence-corrected chi connectivity index (χ1v) is 4.93. The van der Waals surface area contributed by atoms with Gasteiger partial charge in [0.25, 0.3) is 0 Å². The van der Waals surface area contributed by atoms with Crippen LogP contribution in [0.3, 0.4) is 0 Å². The van der Waals surface area contributed by atoms with Gasteiger partial charge in [0.05, 0.1) is 12.6 Å². The summed E-state index contributed by atoms with van der Waals surface area (Å²) < 4.78 is 5.18. The minimum atomic E-state index is -0.223. The normalized spacial score (nSPS) is 18.4. The number of rotatable bonds is 5. The molecule has 1 aliphatic carbocycles. The molecule has 0 aromatic carbocycles. The summed E-state index contributed by atoms with van der Waals surface area (Å²) in [6.07, 6.45) is 2.09. The highest BCUT2D eigenvalue weighted by atomic mass is 16.4. The van der Waals surface area contributed by atoms with E-state index >= 15 is 0 Å². The van der Waals surface area contributed by atoms with Crippen LogP contribution in [0, 0.1) is 12.8 Å². The van der Waals surface area contributed by atoms with Crippen LogP contribution in [0.5, 0.6) is 0 Å². The van der Waals surface area contributed by atoms with E-state index in [0.29, 0.717) is 30.8 Å². The maximum Gasteiger partial charge on any atom is 0.230 e. The quantitative estimate of drug-likeness (QED) is 0.707. The number of nitrogens with one attached hydrogen (secondary N) is 1. The molecule has 5 heteroatoms. The monoisotopic (exact) mass is 197 g/mol. The van der Waals surface area contributed by atoms with Gasteiger partial charge < -0.3 is 14.8 Å². The second-order valence-electron chi connectivity index (χ2n) is 3.75. The van der Waals surface area contributed by atoms with Crippen LogP contribution >= 0.6 is 0 Å². The molecule has 1 aliphatic rings. The zero-order valence-corrected chi connectivity index (χ0v) is 8.23. The van der Waals surface area contributed by atoms with Crippen molar-refractivity contribution in [3.63, 3.8) is 0 Å². The molecule has 0 radical (unpaired) electrons. The molecule has 0 spiro atoms. The Labute approximate surface area is 82.5 Å². The average Bonchev–Trinajstić information content (AvgIpc) is 2.92. The Morgan fingerprint density at radius 3 is 2.93 bits per heavy atom. The van der Waals surface area contributed by atoms with Gasteiger partial charge in [0.1, 0.15) is 0 Å².